The maximum atomic E-state index is 12.9. The lowest BCUT2D eigenvalue weighted by Gasteiger charge is -2.12. The van der Waals surface area contributed by atoms with Crippen molar-refractivity contribution < 1.29 is 14.3 Å². The van der Waals surface area contributed by atoms with Crippen LogP contribution in [-0.4, -0.2) is 28.7 Å². The Kier molecular flexibility index (Phi) is 6.17. The number of nitrogens with zero attached hydrogens (tertiary/aromatic N) is 2. The van der Waals surface area contributed by atoms with E-state index >= 15 is 0 Å². The van der Waals surface area contributed by atoms with Crippen LogP contribution in [0.25, 0.3) is 16.6 Å². The zero-order valence-corrected chi connectivity index (χ0v) is 17.9. The van der Waals surface area contributed by atoms with E-state index in [9.17, 15) is 9.59 Å². The minimum Gasteiger partial charge on any atom is -0.494 e. The minimum atomic E-state index is -0.291. The van der Waals surface area contributed by atoms with Crippen LogP contribution in [0.1, 0.15) is 12.7 Å². The third-order valence-corrected chi connectivity index (χ3v) is 4.84. The molecular weight excluding hydrogens is 406 g/mol. The van der Waals surface area contributed by atoms with Crippen molar-refractivity contribution in [2.24, 2.45) is 0 Å². The van der Waals surface area contributed by atoms with Gasteiger partial charge in [-0.05, 0) is 62.4 Å². The summed E-state index contributed by atoms with van der Waals surface area (Å²) in [5.74, 6) is 1.54. The zero-order chi connectivity index (χ0) is 22.5. The average molecular weight is 429 g/mol. The summed E-state index contributed by atoms with van der Waals surface area (Å²) in [7, 11) is 0. The van der Waals surface area contributed by atoms with Gasteiger partial charge in [-0.25, -0.2) is 4.98 Å². The summed E-state index contributed by atoms with van der Waals surface area (Å²) in [5.41, 5.74) is 1.81. The molecule has 0 spiro atoms. The molecular formula is C25H23N3O4. The van der Waals surface area contributed by atoms with E-state index in [1.807, 2.05) is 37.3 Å². The van der Waals surface area contributed by atoms with E-state index in [0.717, 1.165) is 0 Å². The molecule has 7 heteroatoms. The molecule has 4 aromatic rings. The highest BCUT2D eigenvalue weighted by Crippen LogP contribution is 2.20. The number of hydrogen-bond donors (Lipinski definition) is 1. The van der Waals surface area contributed by atoms with Crippen LogP contribution in [0.4, 0.5) is 5.69 Å². The van der Waals surface area contributed by atoms with Crippen molar-refractivity contribution in [1.82, 2.24) is 9.55 Å². The van der Waals surface area contributed by atoms with Crippen molar-refractivity contribution in [3.05, 3.63) is 89.0 Å². The Balaban J connectivity index is 1.44. The van der Waals surface area contributed by atoms with Crippen LogP contribution in [0, 0.1) is 6.92 Å². The number of para-hydroxylation sites is 1. The van der Waals surface area contributed by atoms with Crippen molar-refractivity contribution in [3.63, 3.8) is 0 Å². The van der Waals surface area contributed by atoms with Gasteiger partial charge in [0, 0.05) is 11.8 Å². The summed E-state index contributed by atoms with van der Waals surface area (Å²) in [6, 6.07) is 21.4. The topological polar surface area (TPSA) is 82.4 Å². The number of anilines is 1. The molecule has 1 N–H and O–H groups in total. The molecule has 0 saturated carbocycles. The molecule has 0 unspecified atom stereocenters. The highest BCUT2D eigenvalue weighted by atomic mass is 16.5. The normalized spacial score (nSPS) is 10.7. The molecule has 0 aliphatic heterocycles. The molecule has 1 aromatic heterocycles. The standard InChI is InChI=1S/C25H23N3O4/c1-3-31-20-7-6-8-21(15-20)32-16-24(29)27-18-11-13-19(14-12-18)28-17(2)26-23-10-5-4-9-22(23)25(28)30/h4-15H,3,16H2,1-2H3,(H,27,29). The van der Waals surface area contributed by atoms with Gasteiger partial charge in [0.2, 0.25) is 0 Å². The minimum absolute atomic E-state index is 0.132. The maximum Gasteiger partial charge on any atom is 0.265 e. The van der Waals surface area contributed by atoms with E-state index in [4.69, 9.17) is 9.47 Å². The molecule has 32 heavy (non-hydrogen) atoms. The van der Waals surface area contributed by atoms with E-state index < -0.39 is 0 Å². The second-order valence-electron chi connectivity index (χ2n) is 7.11. The van der Waals surface area contributed by atoms with E-state index in [1.54, 1.807) is 54.0 Å². The number of hydrogen-bond acceptors (Lipinski definition) is 5. The number of rotatable bonds is 7. The monoisotopic (exact) mass is 429 g/mol. The number of amides is 1. The summed E-state index contributed by atoms with van der Waals surface area (Å²) >= 11 is 0. The molecule has 3 aromatic carbocycles. The van der Waals surface area contributed by atoms with Crippen molar-refractivity contribution in [1.29, 1.82) is 0 Å². The molecule has 0 aliphatic carbocycles. The van der Waals surface area contributed by atoms with Gasteiger partial charge in [0.15, 0.2) is 6.61 Å². The first-order chi connectivity index (χ1) is 15.5. The number of fused-ring (bicyclic) bond motifs is 1. The number of aryl methyl sites for hydroxylation is 1. The SMILES string of the molecule is CCOc1cccc(OCC(=O)Nc2ccc(-n3c(C)nc4ccccc4c3=O)cc2)c1. The number of carbonyl (C=O) groups is 1. The smallest absolute Gasteiger partial charge is 0.265 e. The molecule has 4 rings (SSSR count). The third-order valence-electron chi connectivity index (χ3n) is 4.84. The van der Waals surface area contributed by atoms with Gasteiger partial charge in [-0.2, -0.15) is 0 Å². The zero-order valence-electron chi connectivity index (χ0n) is 17.9. The van der Waals surface area contributed by atoms with Gasteiger partial charge in [0.25, 0.3) is 11.5 Å². The number of nitrogens with one attached hydrogen (secondary N) is 1. The number of carbonyl (C=O) groups excluding carboxylic acids is 1. The Morgan fingerprint density at radius 1 is 0.969 bits per heavy atom. The van der Waals surface area contributed by atoms with Gasteiger partial charge in [-0.15, -0.1) is 0 Å². The molecule has 0 radical (unpaired) electrons. The third kappa shape index (κ3) is 4.62. The fourth-order valence-electron chi connectivity index (χ4n) is 3.41. The lowest BCUT2D eigenvalue weighted by molar-refractivity contribution is -0.118. The van der Waals surface area contributed by atoms with Gasteiger partial charge in [-0.3, -0.25) is 14.2 Å². The molecule has 162 valence electrons. The predicted octanol–water partition coefficient (Wildman–Crippen LogP) is 4.11. The van der Waals surface area contributed by atoms with Gasteiger partial charge in [0.1, 0.15) is 17.3 Å². The fourth-order valence-corrected chi connectivity index (χ4v) is 3.41. The van der Waals surface area contributed by atoms with Crippen LogP contribution in [0.5, 0.6) is 11.5 Å². The van der Waals surface area contributed by atoms with E-state index in [1.165, 1.54) is 0 Å². The van der Waals surface area contributed by atoms with Crippen molar-refractivity contribution in [2.75, 3.05) is 18.5 Å². The van der Waals surface area contributed by atoms with Gasteiger partial charge in [0.05, 0.1) is 23.2 Å². The Bertz CT molecular complexity index is 1310. The van der Waals surface area contributed by atoms with Crippen molar-refractivity contribution in [2.45, 2.75) is 13.8 Å². The molecule has 0 aliphatic rings. The Morgan fingerprint density at radius 2 is 1.69 bits per heavy atom. The molecule has 0 fully saturated rings. The van der Waals surface area contributed by atoms with E-state index in [0.29, 0.717) is 46.2 Å². The number of ether oxygens (including phenoxy) is 2. The second kappa shape index (κ2) is 9.34. The van der Waals surface area contributed by atoms with Crippen LogP contribution >= 0.6 is 0 Å². The first kappa shape index (κ1) is 21.1. The Hall–Kier alpha value is -4.13. The molecule has 1 heterocycles. The van der Waals surface area contributed by atoms with Crippen molar-refractivity contribution >= 4 is 22.5 Å². The van der Waals surface area contributed by atoms with Gasteiger partial charge >= 0.3 is 0 Å². The molecule has 1 amide bonds. The highest BCUT2D eigenvalue weighted by molar-refractivity contribution is 5.92. The van der Waals surface area contributed by atoms with E-state index in [2.05, 4.69) is 10.3 Å². The molecule has 0 bridgehead atoms. The predicted molar refractivity (Wildman–Crippen MR) is 124 cm³/mol. The molecule has 7 nitrogen and oxygen atoms in total. The lowest BCUT2D eigenvalue weighted by Crippen LogP contribution is -2.22. The van der Waals surface area contributed by atoms with Gasteiger partial charge < -0.3 is 14.8 Å². The lowest BCUT2D eigenvalue weighted by atomic mass is 10.2. The molecule has 0 saturated heterocycles. The highest BCUT2D eigenvalue weighted by Gasteiger charge is 2.10. The largest absolute Gasteiger partial charge is 0.494 e. The van der Waals surface area contributed by atoms with Gasteiger partial charge in [-0.1, -0.05) is 18.2 Å². The summed E-state index contributed by atoms with van der Waals surface area (Å²) in [6.45, 7) is 4.12. The summed E-state index contributed by atoms with van der Waals surface area (Å²) in [6.07, 6.45) is 0. The van der Waals surface area contributed by atoms with Crippen LogP contribution in [0.3, 0.4) is 0 Å². The first-order valence-corrected chi connectivity index (χ1v) is 10.3. The summed E-state index contributed by atoms with van der Waals surface area (Å²) in [5, 5.41) is 3.35. The van der Waals surface area contributed by atoms with Crippen LogP contribution in [0.2, 0.25) is 0 Å². The summed E-state index contributed by atoms with van der Waals surface area (Å²) in [4.78, 5) is 29.7. The Labute approximate surface area is 185 Å². The maximum absolute atomic E-state index is 12.9. The molecule has 0 atom stereocenters. The average Bonchev–Trinajstić information content (AvgIpc) is 2.79. The second-order valence-corrected chi connectivity index (χ2v) is 7.11. The quantitative estimate of drug-likeness (QED) is 0.478. The van der Waals surface area contributed by atoms with Crippen molar-refractivity contribution in [3.8, 4) is 17.2 Å². The Morgan fingerprint density at radius 3 is 2.44 bits per heavy atom. The fraction of sp³-hybridized carbons (Fsp3) is 0.160. The number of benzene rings is 3. The van der Waals surface area contributed by atoms with E-state index in [-0.39, 0.29) is 18.1 Å². The number of aromatic nitrogens is 2. The van der Waals surface area contributed by atoms with Crippen LogP contribution in [-0.2, 0) is 4.79 Å². The van der Waals surface area contributed by atoms with Crippen LogP contribution in [0.15, 0.2) is 77.6 Å². The van der Waals surface area contributed by atoms with Crippen LogP contribution < -0.4 is 20.3 Å². The first-order valence-electron chi connectivity index (χ1n) is 10.3. The summed E-state index contributed by atoms with van der Waals surface area (Å²) < 4.78 is 12.5.